The first kappa shape index (κ1) is 19.2. The van der Waals surface area contributed by atoms with Crippen molar-refractivity contribution in [1.82, 2.24) is 0 Å². The van der Waals surface area contributed by atoms with Crippen LogP contribution in [0.2, 0.25) is 0 Å². The molecule has 0 bridgehead atoms. The topological polar surface area (TPSA) is 134 Å². The highest BCUT2D eigenvalue weighted by Gasteiger charge is 2.31. The van der Waals surface area contributed by atoms with Crippen LogP contribution in [0, 0.1) is 0 Å². The van der Waals surface area contributed by atoms with Gasteiger partial charge in [0.05, 0.1) is 13.2 Å². The molecular formula is C15H19NO8. The second-order valence-electron chi connectivity index (χ2n) is 4.74. The number of rotatable bonds is 6. The molecule has 0 aliphatic heterocycles. The van der Waals surface area contributed by atoms with Gasteiger partial charge in [0.2, 0.25) is 0 Å². The van der Waals surface area contributed by atoms with Gasteiger partial charge in [-0.1, -0.05) is 6.07 Å². The summed E-state index contributed by atoms with van der Waals surface area (Å²) in [5, 5.41) is 9.17. The van der Waals surface area contributed by atoms with Gasteiger partial charge in [-0.15, -0.1) is 0 Å². The normalized spacial score (nSPS) is 12.7. The van der Waals surface area contributed by atoms with Crippen LogP contribution >= 0.6 is 0 Å². The first-order valence-corrected chi connectivity index (χ1v) is 7.08. The van der Waals surface area contributed by atoms with Crippen LogP contribution in [0.5, 0.6) is 11.5 Å². The van der Waals surface area contributed by atoms with Crippen molar-refractivity contribution in [2.75, 3.05) is 13.2 Å². The minimum Gasteiger partial charge on any atom is -0.480 e. The van der Waals surface area contributed by atoms with Gasteiger partial charge in [-0.25, -0.2) is 14.4 Å². The van der Waals surface area contributed by atoms with Gasteiger partial charge in [-0.3, -0.25) is 0 Å². The van der Waals surface area contributed by atoms with E-state index in [4.69, 9.17) is 15.2 Å². The molecule has 9 nitrogen and oxygen atoms in total. The molecule has 9 heteroatoms. The van der Waals surface area contributed by atoms with E-state index in [-0.39, 0.29) is 30.3 Å². The van der Waals surface area contributed by atoms with Crippen LogP contribution in [0.25, 0.3) is 0 Å². The molecule has 132 valence electrons. The number of aliphatic carboxylic acids is 1. The number of carboxylic acids is 1. The fourth-order valence-electron chi connectivity index (χ4n) is 1.59. The Balaban J connectivity index is 3.21. The molecule has 1 atom stereocenters. The summed E-state index contributed by atoms with van der Waals surface area (Å²) >= 11 is 0. The highest BCUT2D eigenvalue weighted by molar-refractivity contribution is 5.80. The molecule has 0 saturated carbocycles. The number of hydrogen-bond donors (Lipinski definition) is 2. The molecule has 0 aliphatic rings. The monoisotopic (exact) mass is 341 g/mol. The van der Waals surface area contributed by atoms with Gasteiger partial charge in [0.15, 0.2) is 11.5 Å². The van der Waals surface area contributed by atoms with Crippen LogP contribution < -0.4 is 15.2 Å². The average molecular weight is 341 g/mol. The van der Waals surface area contributed by atoms with Crippen LogP contribution in [0.15, 0.2) is 18.2 Å². The Hall–Kier alpha value is -2.81. The Morgan fingerprint density at radius 1 is 1.04 bits per heavy atom. The van der Waals surface area contributed by atoms with Crippen LogP contribution in [0.3, 0.4) is 0 Å². The lowest BCUT2D eigenvalue weighted by molar-refractivity contribution is -0.143. The van der Waals surface area contributed by atoms with Crippen molar-refractivity contribution in [1.29, 1.82) is 0 Å². The summed E-state index contributed by atoms with van der Waals surface area (Å²) in [6.07, 6.45) is -2.05. The minimum atomic E-state index is -1.74. The number of carbonyl (C=O) groups excluding carboxylic acids is 2. The van der Waals surface area contributed by atoms with Gasteiger partial charge < -0.3 is 29.8 Å². The molecule has 1 aromatic rings. The van der Waals surface area contributed by atoms with Crippen LogP contribution in [0.1, 0.15) is 26.3 Å². The number of ether oxygens (including phenoxy) is 4. The van der Waals surface area contributed by atoms with Crippen molar-refractivity contribution < 1.29 is 38.4 Å². The van der Waals surface area contributed by atoms with Gasteiger partial charge in [0.25, 0.3) is 0 Å². The Morgan fingerprint density at radius 2 is 1.54 bits per heavy atom. The van der Waals surface area contributed by atoms with E-state index in [1.807, 2.05) is 0 Å². The van der Waals surface area contributed by atoms with Gasteiger partial charge in [0, 0.05) is 0 Å². The molecule has 24 heavy (non-hydrogen) atoms. The molecule has 0 fully saturated rings. The smallest absolute Gasteiger partial charge is 0.480 e. The van der Waals surface area contributed by atoms with Gasteiger partial charge in [-0.05, 0) is 38.5 Å². The fourth-order valence-corrected chi connectivity index (χ4v) is 1.59. The molecule has 1 rings (SSSR count). The Labute approximate surface area is 138 Å². The second-order valence-corrected chi connectivity index (χ2v) is 4.74. The highest BCUT2D eigenvalue weighted by Crippen LogP contribution is 2.32. The first-order chi connectivity index (χ1) is 11.2. The van der Waals surface area contributed by atoms with Crippen molar-refractivity contribution in [3.05, 3.63) is 23.8 Å². The summed E-state index contributed by atoms with van der Waals surface area (Å²) in [5.74, 6) is -1.66. The molecule has 0 amide bonds. The minimum absolute atomic E-state index is 0.0658. The number of carboxylic acid groups (broad SMARTS) is 1. The van der Waals surface area contributed by atoms with Gasteiger partial charge in [-0.2, -0.15) is 0 Å². The number of benzene rings is 1. The van der Waals surface area contributed by atoms with Crippen molar-refractivity contribution in [2.45, 2.75) is 26.3 Å². The van der Waals surface area contributed by atoms with Gasteiger partial charge >= 0.3 is 18.3 Å². The van der Waals surface area contributed by atoms with Crippen molar-refractivity contribution >= 4 is 18.3 Å². The molecule has 3 N–H and O–H groups in total. The number of carbonyl (C=O) groups is 3. The predicted octanol–water partition coefficient (Wildman–Crippen LogP) is 2.02. The molecule has 0 saturated heterocycles. The van der Waals surface area contributed by atoms with Gasteiger partial charge in [0.1, 0.15) is 5.54 Å². The zero-order valence-electron chi connectivity index (χ0n) is 13.5. The first-order valence-electron chi connectivity index (χ1n) is 7.08. The maximum Gasteiger partial charge on any atom is 0.513 e. The number of nitrogens with two attached hydrogens (primary N) is 1. The maximum atomic E-state index is 11.5. The lowest BCUT2D eigenvalue weighted by Crippen LogP contribution is -2.41. The largest absolute Gasteiger partial charge is 0.513 e. The standard InChI is InChI=1S/C15H19NO8/c1-4-21-13(19)23-10-7-6-9(15(3,16)12(17)18)8-11(10)24-14(20)22-5-2/h6-8H,4-5,16H2,1-3H3,(H,17,18)/t15-/m0/s1. The third-order valence-corrected chi connectivity index (χ3v) is 2.90. The summed E-state index contributed by atoms with van der Waals surface area (Å²) in [7, 11) is 0. The van der Waals surface area contributed by atoms with E-state index < -0.39 is 23.8 Å². The summed E-state index contributed by atoms with van der Waals surface area (Å²) in [4.78, 5) is 34.2. The lowest BCUT2D eigenvalue weighted by Gasteiger charge is -2.21. The molecule has 0 spiro atoms. The van der Waals surface area contributed by atoms with E-state index in [9.17, 15) is 19.5 Å². The van der Waals surface area contributed by atoms with Crippen molar-refractivity contribution in [2.24, 2.45) is 5.73 Å². The summed E-state index contributed by atoms with van der Waals surface area (Å²) in [6.45, 7) is 4.59. The maximum absolute atomic E-state index is 11.5. The van der Waals surface area contributed by atoms with Crippen LogP contribution in [0.4, 0.5) is 9.59 Å². The third-order valence-electron chi connectivity index (χ3n) is 2.90. The molecule has 0 radical (unpaired) electrons. The molecule has 0 aliphatic carbocycles. The zero-order chi connectivity index (χ0) is 18.3. The summed E-state index contributed by atoms with van der Waals surface area (Å²) in [6, 6.07) is 3.76. The highest BCUT2D eigenvalue weighted by atomic mass is 16.7. The second kappa shape index (κ2) is 8.16. The Morgan fingerprint density at radius 3 is 2.00 bits per heavy atom. The number of hydrogen-bond acceptors (Lipinski definition) is 8. The third kappa shape index (κ3) is 4.85. The van der Waals surface area contributed by atoms with Crippen LogP contribution in [-0.4, -0.2) is 36.6 Å². The summed E-state index contributed by atoms with van der Waals surface area (Å²) in [5.41, 5.74) is 4.12. The molecule has 0 aromatic heterocycles. The fraction of sp³-hybridized carbons (Fsp3) is 0.400. The van der Waals surface area contributed by atoms with Crippen LogP contribution in [-0.2, 0) is 19.8 Å². The quantitative estimate of drug-likeness (QED) is 0.588. The predicted molar refractivity (Wildman–Crippen MR) is 80.9 cm³/mol. The SMILES string of the molecule is CCOC(=O)Oc1ccc([C@](C)(N)C(=O)O)cc1OC(=O)OCC. The zero-order valence-corrected chi connectivity index (χ0v) is 13.5. The molecule has 1 aromatic carbocycles. The molecular weight excluding hydrogens is 322 g/mol. The van der Waals surface area contributed by atoms with Crippen molar-refractivity contribution in [3.8, 4) is 11.5 Å². The Bertz CT molecular complexity index is 626. The van der Waals surface area contributed by atoms with E-state index in [0.29, 0.717) is 0 Å². The molecule has 0 unspecified atom stereocenters. The average Bonchev–Trinajstić information content (AvgIpc) is 2.49. The van der Waals surface area contributed by atoms with E-state index in [1.165, 1.54) is 25.1 Å². The van der Waals surface area contributed by atoms with Crippen molar-refractivity contribution in [3.63, 3.8) is 0 Å². The van der Waals surface area contributed by atoms with E-state index >= 15 is 0 Å². The molecule has 0 heterocycles. The lowest BCUT2D eigenvalue weighted by atomic mass is 9.93. The summed E-state index contributed by atoms with van der Waals surface area (Å²) < 4.78 is 19.1. The van der Waals surface area contributed by atoms with E-state index in [1.54, 1.807) is 13.8 Å². The Kier molecular flexibility index (Phi) is 6.54. The van der Waals surface area contributed by atoms with E-state index in [0.717, 1.165) is 0 Å². The van der Waals surface area contributed by atoms with E-state index in [2.05, 4.69) is 9.47 Å².